The first-order valence-corrected chi connectivity index (χ1v) is 7.68. The lowest BCUT2D eigenvalue weighted by Crippen LogP contribution is -2.42. The molecule has 2 aliphatic rings. The fourth-order valence-corrected chi connectivity index (χ4v) is 4.18. The van der Waals surface area contributed by atoms with Crippen molar-refractivity contribution in [1.82, 2.24) is 4.90 Å². The van der Waals surface area contributed by atoms with Gasteiger partial charge in [-0.2, -0.15) is 0 Å². The molecule has 2 nitrogen and oxygen atoms in total. The lowest BCUT2D eigenvalue weighted by molar-refractivity contribution is 0.245. The van der Waals surface area contributed by atoms with Crippen molar-refractivity contribution in [2.24, 2.45) is 0 Å². The fraction of sp³-hybridized carbons (Fsp3) is 0.467. The van der Waals surface area contributed by atoms with Gasteiger partial charge in [0.2, 0.25) is 0 Å². The zero-order valence-corrected chi connectivity index (χ0v) is 11.5. The standard InChI is InChI=1S/C15H19NOS/c1-2-7-16-8-3-4-12-13-9-11(17)5-6-15(13)18-10-14(12)16/h4-6,9,14,17H,2-3,7-8,10H2,1H3. The number of benzene rings is 1. The van der Waals surface area contributed by atoms with Gasteiger partial charge in [-0.15, -0.1) is 11.8 Å². The zero-order valence-electron chi connectivity index (χ0n) is 10.7. The average molecular weight is 261 g/mol. The summed E-state index contributed by atoms with van der Waals surface area (Å²) in [6, 6.07) is 6.30. The van der Waals surface area contributed by atoms with Gasteiger partial charge in [0.1, 0.15) is 5.75 Å². The van der Waals surface area contributed by atoms with Gasteiger partial charge in [0, 0.05) is 23.2 Å². The quantitative estimate of drug-likeness (QED) is 0.883. The normalized spacial score (nSPS) is 23.2. The van der Waals surface area contributed by atoms with E-state index >= 15 is 0 Å². The van der Waals surface area contributed by atoms with Crippen LogP contribution in [-0.4, -0.2) is 34.9 Å². The van der Waals surface area contributed by atoms with Gasteiger partial charge in [-0.3, -0.25) is 4.90 Å². The van der Waals surface area contributed by atoms with E-state index in [-0.39, 0.29) is 0 Å². The molecule has 1 N–H and O–H groups in total. The van der Waals surface area contributed by atoms with Crippen LogP contribution in [0.3, 0.4) is 0 Å². The molecule has 0 radical (unpaired) electrons. The van der Waals surface area contributed by atoms with E-state index in [1.807, 2.05) is 23.9 Å². The minimum Gasteiger partial charge on any atom is -0.508 e. The first-order chi connectivity index (χ1) is 8.79. The molecule has 0 bridgehead atoms. The maximum absolute atomic E-state index is 9.70. The van der Waals surface area contributed by atoms with Crippen LogP contribution in [0.5, 0.6) is 5.75 Å². The molecule has 0 aromatic heterocycles. The molecule has 0 saturated carbocycles. The number of phenolic OH excluding ortho intramolecular Hbond substituents is 1. The van der Waals surface area contributed by atoms with Gasteiger partial charge < -0.3 is 5.11 Å². The molecule has 0 fully saturated rings. The molecule has 1 aromatic carbocycles. The second-order valence-electron chi connectivity index (χ2n) is 4.99. The van der Waals surface area contributed by atoms with E-state index in [0.717, 1.165) is 12.2 Å². The molecule has 96 valence electrons. The molecule has 1 aromatic rings. The molecule has 0 amide bonds. The van der Waals surface area contributed by atoms with Gasteiger partial charge >= 0.3 is 0 Å². The molecule has 1 atom stereocenters. The molecule has 3 rings (SSSR count). The molecule has 0 saturated heterocycles. The van der Waals surface area contributed by atoms with Gasteiger partial charge in [-0.05, 0) is 48.7 Å². The number of thioether (sulfide) groups is 1. The van der Waals surface area contributed by atoms with Gasteiger partial charge in [0.05, 0.1) is 0 Å². The van der Waals surface area contributed by atoms with Crippen molar-refractivity contribution in [2.45, 2.75) is 30.7 Å². The van der Waals surface area contributed by atoms with Crippen molar-refractivity contribution in [1.29, 1.82) is 0 Å². The van der Waals surface area contributed by atoms with Crippen LogP contribution in [0.2, 0.25) is 0 Å². The Labute approximate surface area is 113 Å². The van der Waals surface area contributed by atoms with Crippen LogP contribution in [-0.2, 0) is 0 Å². The molecular weight excluding hydrogens is 242 g/mol. The minimum absolute atomic E-state index is 0.378. The van der Waals surface area contributed by atoms with Crippen LogP contribution in [0.4, 0.5) is 0 Å². The van der Waals surface area contributed by atoms with Crippen LogP contribution in [0, 0.1) is 0 Å². The smallest absolute Gasteiger partial charge is 0.116 e. The lowest BCUT2D eigenvalue weighted by atomic mass is 9.93. The Kier molecular flexibility index (Phi) is 3.35. The molecule has 2 aliphatic heterocycles. The van der Waals surface area contributed by atoms with E-state index in [9.17, 15) is 5.11 Å². The largest absolute Gasteiger partial charge is 0.508 e. The van der Waals surface area contributed by atoms with Gasteiger partial charge in [-0.25, -0.2) is 0 Å². The summed E-state index contributed by atoms with van der Waals surface area (Å²) in [5.74, 6) is 1.52. The van der Waals surface area contributed by atoms with E-state index in [4.69, 9.17) is 0 Å². The van der Waals surface area contributed by atoms with Crippen molar-refractivity contribution in [3.63, 3.8) is 0 Å². The number of phenols is 1. The highest BCUT2D eigenvalue weighted by molar-refractivity contribution is 7.99. The number of fused-ring (bicyclic) bond motifs is 3. The van der Waals surface area contributed by atoms with Gasteiger partial charge in [0.15, 0.2) is 0 Å². The second kappa shape index (κ2) is 4.98. The number of rotatable bonds is 2. The predicted molar refractivity (Wildman–Crippen MR) is 77.1 cm³/mol. The number of hydrogen-bond donors (Lipinski definition) is 1. The number of nitrogens with zero attached hydrogens (tertiary/aromatic N) is 1. The highest BCUT2D eigenvalue weighted by Crippen LogP contribution is 2.42. The SMILES string of the molecule is CCCN1CCC=C2c3cc(O)ccc3SCC21. The maximum Gasteiger partial charge on any atom is 0.116 e. The first kappa shape index (κ1) is 12.1. The molecular formula is C15H19NOS. The van der Waals surface area contributed by atoms with Crippen molar-refractivity contribution in [2.75, 3.05) is 18.8 Å². The molecule has 0 spiro atoms. The van der Waals surface area contributed by atoms with E-state index in [2.05, 4.69) is 17.9 Å². The molecule has 3 heteroatoms. The van der Waals surface area contributed by atoms with E-state index in [1.54, 1.807) is 6.07 Å². The van der Waals surface area contributed by atoms with Crippen LogP contribution < -0.4 is 0 Å². The van der Waals surface area contributed by atoms with Gasteiger partial charge in [-0.1, -0.05) is 13.0 Å². The Balaban J connectivity index is 1.98. The van der Waals surface area contributed by atoms with Gasteiger partial charge in [0.25, 0.3) is 0 Å². The summed E-state index contributed by atoms with van der Waals surface area (Å²) >= 11 is 1.92. The van der Waals surface area contributed by atoms with Crippen molar-refractivity contribution in [3.05, 3.63) is 29.8 Å². The Bertz CT molecular complexity index is 483. The summed E-state index contributed by atoms with van der Waals surface area (Å²) in [4.78, 5) is 3.91. The highest BCUT2D eigenvalue weighted by atomic mass is 32.2. The molecule has 18 heavy (non-hydrogen) atoms. The average Bonchev–Trinajstić information content (AvgIpc) is 2.39. The summed E-state index contributed by atoms with van der Waals surface area (Å²) in [5, 5.41) is 9.70. The van der Waals surface area contributed by atoms with E-state index < -0.39 is 0 Å². The Morgan fingerprint density at radius 3 is 3.17 bits per heavy atom. The summed E-state index contributed by atoms with van der Waals surface area (Å²) in [5.41, 5.74) is 2.68. The van der Waals surface area contributed by atoms with Crippen LogP contribution in [0.25, 0.3) is 5.57 Å². The summed E-state index contributed by atoms with van der Waals surface area (Å²) in [6.45, 7) is 4.60. The maximum atomic E-state index is 9.70. The van der Waals surface area contributed by atoms with E-state index in [1.165, 1.54) is 35.5 Å². The van der Waals surface area contributed by atoms with Crippen LogP contribution >= 0.6 is 11.8 Å². The number of hydrogen-bond acceptors (Lipinski definition) is 3. The number of aromatic hydroxyl groups is 1. The fourth-order valence-electron chi connectivity index (χ4n) is 2.95. The third kappa shape index (κ3) is 2.06. The Morgan fingerprint density at radius 2 is 2.33 bits per heavy atom. The second-order valence-corrected chi connectivity index (χ2v) is 6.05. The summed E-state index contributed by atoms with van der Waals surface area (Å²) in [6.07, 6.45) is 4.71. The first-order valence-electron chi connectivity index (χ1n) is 6.70. The van der Waals surface area contributed by atoms with Crippen molar-refractivity contribution >= 4 is 17.3 Å². The van der Waals surface area contributed by atoms with Crippen molar-refractivity contribution in [3.8, 4) is 5.75 Å². The molecule has 1 unspecified atom stereocenters. The topological polar surface area (TPSA) is 23.5 Å². The molecule has 0 aliphatic carbocycles. The van der Waals surface area contributed by atoms with Crippen LogP contribution in [0.1, 0.15) is 25.3 Å². The highest BCUT2D eigenvalue weighted by Gasteiger charge is 2.30. The Hall–Kier alpha value is -0.930. The third-order valence-corrected chi connectivity index (χ3v) is 4.91. The summed E-state index contributed by atoms with van der Waals surface area (Å²) < 4.78 is 0. The predicted octanol–water partition coefficient (Wildman–Crippen LogP) is 3.37. The Morgan fingerprint density at radius 1 is 1.44 bits per heavy atom. The monoisotopic (exact) mass is 261 g/mol. The summed E-state index contributed by atoms with van der Waals surface area (Å²) in [7, 11) is 0. The third-order valence-electron chi connectivity index (χ3n) is 3.76. The minimum atomic E-state index is 0.378. The van der Waals surface area contributed by atoms with E-state index in [0.29, 0.717) is 11.8 Å². The van der Waals surface area contributed by atoms with Crippen molar-refractivity contribution < 1.29 is 5.11 Å². The zero-order chi connectivity index (χ0) is 12.5. The molecule has 2 heterocycles. The lowest BCUT2D eigenvalue weighted by Gasteiger charge is -2.39. The van der Waals surface area contributed by atoms with Crippen LogP contribution in [0.15, 0.2) is 29.2 Å².